The number of likely N-dealkylation sites (N-methyl/N-ethyl adjacent to an activating group) is 1. The minimum absolute atomic E-state index is 0.0504. The van der Waals surface area contributed by atoms with E-state index in [0.717, 1.165) is 6.42 Å². The van der Waals surface area contributed by atoms with Gasteiger partial charge in [0.15, 0.2) is 0 Å². The summed E-state index contributed by atoms with van der Waals surface area (Å²) < 4.78 is 1.47. The summed E-state index contributed by atoms with van der Waals surface area (Å²) in [4.78, 5) is 24.8. The lowest BCUT2D eigenvalue weighted by Crippen LogP contribution is -2.40. The van der Waals surface area contributed by atoms with Crippen molar-refractivity contribution in [3.63, 3.8) is 0 Å². The molecule has 1 rings (SSSR count). The van der Waals surface area contributed by atoms with Gasteiger partial charge in [-0.1, -0.05) is 6.92 Å². The van der Waals surface area contributed by atoms with Crippen molar-refractivity contribution in [2.75, 3.05) is 6.54 Å². The number of aromatic nitrogens is 1. The topological polar surface area (TPSA) is 62.5 Å². The second-order valence-electron chi connectivity index (χ2n) is 4.26. The largest absolute Gasteiger partial charge is 0.477 e. The van der Waals surface area contributed by atoms with Crippen LogP contribution in [0.5, 0.6) is 0 Å². The number of rotatable bonds is 6. The number of aromatic carboxylic acids is 1. The number of carboxylic acid groups (broad SMARTS) is 1. The quantitative estimate of drug-likeness (QED) is 0.840. The molecule has 0 fully saturated rings. The molecule has 1 unspecified atom stereocenters. The predicted molar refractivity (Wildman–Crippen MR) is 68.5 cm³/mol. The number of carboxylic acids is 1. The average Bonchev–Trinajstić information content (AvgIpc) is 2.77. The number of carbonyl (C=O) groups is 2. The number of nitrogens with zero attached hydrogens (tertiary/aromatic N) is 2. The van der Waals surface area contributed by atoms with Gasteiger partial charge in [-0.25, -0.2) is 4.79 Å². The summed E-state index contributed by atoms with van der Waals surface area (Å²) in [7, 11) is 0. The molecule has 18 heavy (non-hydrogen) atoms. The van der Waals surface area contributed by atoms with Crippen LogP contribution in [0.1, 0.15) is 37.7 Å². The van der Waals surface area contributed by atoms with E-state index in [1.807, 2.05) is 20.8 Å². The van der Waals surface area contributed by atoms with Gasteiger partial charge in [0.2, 0.25) is 5.91 Å². The van der Waals surface area contributed by atoms with E-state index < -0.39 is 5.97 Å². The van der Waals surface area contributed by atoms with Crippen LogP contribution >= 0.6 is 0 Å². The lowest BCUT2D eigenvalue weighted by Gasteiger charge is -2.27. The van der Waals surface area contributed by atoms with Gasteiger partial charge >= 0.3 is 5.97 Å². The minimum atomic E-state index is -1.01. The molecule has 0 aliphatic carbocycles. The molecule has 100 valence electrons. The summed E-state index contributed by atoms with van der Waals surface area (Å²) in [5.41, 5.74) is 0.142. The van der Waals surface area contributed by atoms with E-state index in [-0.39, 0.29) is 24.2 Å². The minimum Gasteiger partial charge on any atom is -0.477 e. The number of hydrogen-bond donors (Lipinski definition) is 1. The standard InChI is InChI=1S/C13H20N2O3/c1-4-10(3)15(5-2)12(16)9-14-8-6-7-11(14)13(17)18/h6-8,10H,4-5,9H2,1-3H3,(H,17,18). The maximum atomic E-state index is 12.1. The van der Waals surface area contributed by atoms with Crippen molar-refractivity contribution < 1.29 is 14.7 Å². The van der Waals surface area contributed by atoms with Crippen LogP contribution in [0.4, 0.5) is 0 Å². The van der Waals surface area contributed by atoms with Crippen LogP contribution in [0, 0.1) is 0 Å². The zero-order valence-electron chi connectivity index (χ0n) is 11.1. The van der Waals surface area contributed by atoms with Crippen molar-refractivity contribution in [3.05, 3.63) is 24.0 Å². The van der Waals surface area contributed by atoms with Crippen molar-refractivity contribution in [2.24, 2.45) is 0 Å². The molecule has 0 radical (unpaired) electrons. The smallest absolute Gasteiger partial charge is 0.352 e. The zero-order valence-corrected chi connectivity index (χ0v) is 11.1. The van der Waals surface area contributed by atoms with Crippen LogP contribution in [0.2, 0.25) is 0 Å². The Hall–Kier alpha value is -1.78. The second-order valence-corrected chi connectivity index (χ2v) is 4.26. The van der Waals surface area contributed by atoms with E-state index in [1.54, 1.807) is 17.2 Å². The molecule has 1 atom stereocenters. The first-order valence-corrected chi connectivity index (χ1v) is 6.19. The lowest BCUT2D eigenvalue weighted by molar-refractivity contribution is -0.133. The Labute approximate surface area is 107 Å². The fourth-order valence-electron chi connectivity index (χ4n) is 1.94. The molecule has 1 aromatic heterocycles. The monoisotopic (exact) mass is 252 g/mol. The number of carbonyl (C=O) groups excluding carboxylic acids is 1. The zero-order chi connectivity index (χ0) is 13.7. The summed E-state index contributed by atoms with van der Waals surface area (Å²) in [6.45, 7) is 6.66. The highest BCUT2D eigenvalue weighted by Gasteiger charge is 2.19. The molecule has 5 nitrogen and oxygen atoms in total. The van der Waals surface area contributed by atoms with Gasteiger partial charge in [-0.2, -0.15) is 0 Å². The molecule has 0 saturated heterocycles. The Morgan fingerprint density at radius 1 is 1.44 bits per heavy atom. The highest BCUT2D eigenvalue weighted by Crippen LogP contribution is 2.07. The van der Waals surface area contributed by atoms with Crippen LogP contribution < -0.4 is 0 Å². The fraction of sp³-hybridized carbons (Fsp3) is 0.538. The molecule has 0 aliphatic heterocycles. The van der Waals surface area contributed by atoms with Crippen LogP contribution in [0.25, 0.3) is 0 Å². The molecule has 1 N–H and O–H groups in total. The SMILES string of the molecule is CCC(C)N(CC)C(=O)Cn1cccc1C(=O)O. The number of amides is 1. The first-order valence-electron chi connectivity index (χ1n) is 6.19. The lowest BCUT2D eigenvalue weighted by atomic mass is 10.2. The van der Waals surface area contributed by atoms with E-state index >= 15 is 0 Å². The molecular weight excluding hydrogens is 232 g/mol. The van der Waals surface area contributed by atoms with E-state index in [1.165, 1.54) is 10.6 Å². The maximum Gasteiger partial charge on any atom is 0.352 e. The van der Waals surface area contributed by atoms with Crippen LogP contribution in [0.3, 0.4) is 0 Å². The van der Waals surface area contributed by atoms with Gasteiger partial charge in [-0.15, -0.1) is 0 Å². The van der Waals surface area contributed by atoms with Gasteiger partial charge in [-0.3, -0.25) is 4.79 Å². The average molecular weight is 252 g/mol. The third-order valence-corrected chi connectivity index (χ3v) is 3.14. The fourth-order valence-corrected chi connectivity index (χ4v) is 1.94. The molecule has 0 bridgehead atoms. The van der Waals surface area contributed by atoms with Crippen molar-refractivity contribution in [2.45, 2.75) is 39.8 Å². The molecule has 5 heteroatoms. The maximum absolute atomic E-state index is 12.1. The summed E-state index contributed by atoms with van der Waals surface area (Å²) in [5.74, 6) is -1.06. The predicted octanol–water partition coefficient (Wildman–Crippen LogP) is 1.83. The molecule has 0 saturated carbocycles. The van der Waals surface area contributed by atoms with Crippen LogP contribution in [-0.2, 0) is 11.3 Å². The van der Waals surface area contributed by atoms with Gasteiger partial charge in [0.05, 0.1) is 0 Å². The van der Waals surface area contributed by atoms with Gasteiger partial charge in [-0.05, 0) is 32.4 Å². The molecule has 1 heterocycles. The first-order chi connectivity index (χ1) is 8.51. The Balaban J connectivity index is 2.80. The van der Waals surface area contributed by atoms with E-state index in [9.17, 15) is 9.59 Å². The van der Waals surface area contributed by atoms with Gasteiger partial charge < -0.3 is 14.6 Å². The normalized spacial score (nSPS) is 12.2. The van der Waals surface area contributed by atoms with Crippen molar-refractivity contribution in [3.8, 4) is 0 Å². The summed E-state index contributed by atoms with van der Waals surface area (Å²) in [5, 5.41) is 8.97. The van der Waals surface area contributed by atoms with Crippen LogP contribution in [0.15, 0.2) is 18.3 Å². The summed E-state index contributed by atoms with van der Waals surface area (Å²) in [6.07, 6.45) is 2.50. The highest BCUT2D eigenvalue weighted by molar-refractivity contribution is 5.87. The molecule has 1 aromatic rings. The van der Waals surface area contributed by atoms with Crippen molar-refractivity contribution in [1.29, 1.82) is 0 Å². The Morgan fingerprint density at radius 2 is 2.11 bits per heavy atom. The Kier molecular flexibility index (Phi) is 4.95. The summed E-state index contributed by atoms with van der Waals surface area (Å²) in [6, 6.07) is 3.30. The third kappa shape index (κ3) is 3.12. The first kappa shape index (κ1) is 14.3. The Bertz CT molecular complexity index is 426. The molecule has 0 aromatic carbocycles. The molecular formula is C13H20N2O3. The molecule has 0 spiro atoms. The summed E-state index contributed by atoms with van der Waals surface area (Å²) >= 11 is 0. The third-order valence-electron chi connectivity index (χ3n) is 3.14. The van der Waals surface area contributed by atoms with E-state index in [4.69, 9.17) is 5.11 Å². The number of hydrogen-bond acceptors (Lipinski definition) is 2. The van der Waals surface area contributed by atoms with Gasteiger partial charge in [0.1, 0.15) is 12.2 Å². The highest BCUT2D eigenvalue weighted by atomic mass is 16.4. The van der Waals surface area contributed by atoms with E-state index in [0.29, 0.717) is 6.54 Å². The van der Waals surface area contributed by atoms with Gasteiger partial charge in [0, 0.05) is 18.8 Å². The second kappa shape index (κ2) is 6.23. The van der Waals surface area contributed by atoms with Crippen LogP contribution in [-0.4, -0.2) is 39.0 Å². The molecule has 1 amide bonds. The van der Waals surface area contributed by atoms with Gasteiger partial charge in [0.25, 0.3) is 0 Å². The Morgan fingerprint density at radius 3 is 2.61 bits per heavy atom. The van der Waals surface area contributed by atoms with E-state index in [2.05, 4.69) is 0 Å². The van der Waals surface area contributed by atoms with Crippen molar-refractivity contribution in [1.82, 2.24) is 9.47 Å². The molecule has 0 aliphatic rings. The van der Waals surface area contributed by atoms with Crippen molar-refractivity contribution >= 4 is 11.9 Å².